The van der Waals surface area contributed by atoms with Gasteiger partial charge in [-0.1, -0.05) is 40.2 Å². The standard InChI is InChI=1S/C21H27BrN4O/c1-23-20(27)18-9-3-6-17(14-18)11-13-26-21(24-2)25-12-5-8-16-7-4-10-19(22)15-16/h3-4,6-7,9-10,14-15H,5,8,11-13H2,1-2H3,(H,23,27)(H2,24,25,26). The molecule has 1 amide bonds. The van der Waals surface area contributed by atoms with Crippen molar-refractivity contribution in [3.63, 3.8) is 0 Å². The summed E-state index contributed by atoms with van der Waals surface area (Å²) in [6.07, 6.45) is 2.88. The van der Waals surface area contributed by atoms with Gasteiger partial charge in [-0.2, -0.15) is 0 Å². The fraction of sp³-hybridized carbons (Fsp3) is 0.333. The van der Waals surface area contributed by atoms with Gasteiger partial charge in [0.2, 0.25) is 0 Å². The van der Waals surface area contributed by atoms with Crippen molar-refractivity contribution in [1.82, 2.24) is 16.0 Å². The zero-order valence-corrected chi connectivity index (χ0v) is 17.5. The molecular formula is C21H27BrN4O. The number of hydrogen-bond donors (Lipinski definition) is 3. The van der Waals surface area contributed by atoms with E-state index in [1.807, 2.05) is 30.3 Å². The molecule has 144 valence electrons. The first kappa shape index (κ1) is 21.0. The van der Waals surface area contributed by atoms with Crippen molar-refractivity contribution < 1.29 is 4.79 Å². The molecule has 6 heteroatoms. The van der Waals surface area contributed by atoms with E-state index >= 15 is 0 Å². The van der Waals surface area contributed by atoms with Gasteiger partial charge in [-0.3, -0.25) is 9.79 Å². The maximum absolute atomic E-state index is 11.7. The molecule has 0 atom stereocenters. The van der Waals surface area contributed by atoms with E-state index in [1.54, 1.807) is 14.1 Å². The van der Waals surface area contributed by atoms with Gasteiger partial charge in [-0.25, -0.2) is 0 Å². The molecule has 0 radical (unpaired) electrons. The molecule has 0 fully saturated rings. The van der Waals surface area contributed by atoms with Crippen molar-refractivity contribution in [2.75, 3.05) is 27.2 Å². The van der Waals surface area contributed by atoms with Gasteiger partial charge >= 0.3 is 0 Å². The highest BCUT2D eigenvalue weighted by Gasteiger charge is 2.04. The monoisotopic (exact) mass is 430 g/mol. The summed E-state index contributed by atoms with van der Waals surface area (Å²) in [4.78, 5) is 16.0. The molecule has 0 bridgehead atoms. The van der Waals surface area contributed by atoms with E-state index in [0.29, 0.717) is 5.56 Å². The van der Waals surface area contributed by atoms with Crippen LogP contribution in [0.1, 0.15) is 27.9 Å². The number of carbonyl (C=O) groups is 1. The predicted octanol–water partition coefficient (Wildman–Crippen LogP) is 3.15. The minimum atomic E-state index is -0.0623. The fourth-order valence-electron chi connectivity index (χ4n) is 2.75. The van der Waals surface area contributed by atoms with Crippen LogP contribution in [0.15, 0.2) is 58.0 Å². The van der Waals surface area contributed by atoms with Crippen LogP contribution in [0.3, 0.4) is 0 Å². The SMILES string of the molecule is CN=C(NCCCc1cccc(Br)c1)NCCc1cccc(C(=O)NC)c1. The van der Waals surface area contributed by atoms with Crippen LogP contribution in [0.5, 0.6) is 0 Å². The van der Waals surface area contributed by atoms with Crippen molar-refractivity contribution in [2.45, 2.75) is 19.3 Å². The third kappa shape index (κ3) is 7.43. The molecule has 0 heterocycles. The van der Waals surface area contributed by atoms with Gasteiger partial charge in [0, 0.05) is 37.2 Å². The lowest BCUT2D eigenvalue weighted by molar-refractivity contribution is 0.0963. The van der Waals surface area contributed by atoms with Gasteiger partial charge in [0.15, 0.2) is 5.96 Å². The van der Waals surface area contributed by atoms with Crippen LogP contribution in [-0.2, 0) is 12.8 Å². The average molecular weight is 431 g/mol. The van der Waals surface area contributed by atoms with E-state index in [2.05, 4.69) is 55.1 Å². The van der Waals surface area contributed by atoms with Gasteiger partial charge < -0.3 is 16.0 Å². The number of halogens is 1. The second kappa shape index (κ2) is 11.4. The maximum atomic E-state index is 11.7. The molecule has 3 N–H and O–H groups in total. The Hall–Kier alpha value is -2.34. The lowest BCUT2D eigenvalue weighted by Gasteiger charge is -2.12. The second-order valence-electron chi connectivity index (χ2n) is 6.19. The normalized spacial score (nSPS) is 11.1. The highest BCUT2D eigenvalue weighted by atomic mass is 79.9. The highest BCUT2D eigenvalue weighted by molar-refractivity contribution is 9.10. The Bertz CT molecular complexity index is 776. The molecule has 0 aliphatic heterocycles. The largest absolute Gasteiger partial charge is 0.356 e. The van der Waals surface area contributed by atoms with Crippen LogP contribution in [0.25, 0.3) is 0 Å². The number of hydrogen-bond acceptors (Lipinski definition) is 2. The number of aliphatic imine (C=N–C) groups is 1. The zero-order valence-electron chi connectivity index (χ0n) is 15.9. The van der Waals surface area contributed by atoms with Crippen molar-refractivity contribution in [2.24, 2.45) is 4.99 Å². The number of rotatable bonds is 8. The smallest absolute Gasteiger partial charge is 0.251 e. The minimum absolute atomic E-state index is 0.0623. The van der Waals surface area contributed by atoms with E-state index in [0.717, 1.165) is 48.3 Å². The first-order valence-electron chi connectivity index (χ1n) is 9.12. The molecule has 0 aliphatic rings. The number of nitrogens with one attached hydrogen (secondary N) is 3. The molecule has 27 heavy (non-hydrogen) atoms. The predicted molar refractivity (Wildman–Crippen MR) is 115 cm³/mol. The zero-order chi connectivity index (χ0) is 19.5. The van der Waals surface area contributed by atoms with E-state index in [4.69, 9.17) is 0 Å². The van der Waals surface area contributed by atoms with Crippen LogP contribution in [0.4, 0.5) is 0 Å². The molecule has 0 unspecified atom stereocenters. The first-order valence-corrected chi connectivity index (χ1v) is 9.91. The lowest BCUT2D eigenvalue weighted by Crippen LogP contribution is -2.38. The third-order valence-corrected chi connectivity index (χ3v) is 4.66. The van der Waals surface area contributed by atoms with Crippen LogP contribution < -0.4 is 16.0 Å². The van der Waals surface area contributed by atoms with Crippen LogP contribution in [0.2, 0.25) is 0 Å². The number of aryl methyl sites for hydroxylation is 1. The summed E-state index contributed by atoms with van der Waals surface area (Å²) in [7, 11) is 3.42. The van der Waals surface area contributed by atoms with Crippen molar-refractivity contribution >= 4 is 27.8 Å². The molecule has 0 aliphatic carbocycles. The van der Waals surface area contributed by atoms with Gasteiger partial charge in [-0.15, -0.1) is 0 Å². The van der Waals surface area contributed by atoms with E-state index in [1.165, 1.54) is 5.56 Å². The van der Waals surface area contributed by atoms with Gasteiger partial charge in [0.05, 0.1) is 0 Å². The average Bonchev–Trinajstić information content (AvgIpc) is 2.69. The Kier molecular flexibility index (Phi) is 8.84. The van der Waals surface area contributed by atoms with Crippen molar-refractivity contribution in [3.8, 4) is 0 Å². The minimum Gasteiger partial charge on any atom is -0.356 e. The molecule has 0 aromatic heterocycles. The molecule has 2 rings (SSSR count). The quantitative estimate of drug-likeness (QED) is 0.342. The summed E-state index contributed by atoms with van der Waals surface area (Å²) in [5, 5.41) is 9.31. The summed E-state index contributed by atoms with van der Waals surface area (Å²) >= 11 is 3.50. The van der Waals surface area contributed by atoms with Gasteiger partial charge in [0.1, 0.15) is 0 Å². The number of guanidine groups is 1. The summed E-state index contributed by atoms with van der Waals surface area (Å²) < 4.78 is 1.12. The lowest BCUT2D eigenvalue weighted by atomic mass is 10.1. The Balaban J connectivity index is 1.70. The number of benzene rings is 2. The Morgan fingerprint density at radius 2 is 1.70 bits per heavy atom. The topological polar surface area (TPSA) is 65.5 Å². The van der Waals surface area contributed by atoms with Crippen LogP contribution in [-0.4, -0.2) is 39.1 Å². The van der Waals surface area contributed by atoms with Gasteiger partial charge in [-0.05, 0) is 54.7 Å². The first-order chi connectivity index (χ1) is 13.1. The summed E-state index contributed by atoms with van der Waals surface area (Å²) in [5.41, 5.74) is 3.13. The summed E-state index contributed by atoms with van der Waals surface area (Å²) in [5.74, 6) is 0.736. The van der Waals surface area contributed by atoms with Crippen molar-refractivity contribution in [1.29, 1.82) is 0 Å². The van der Waals surface area contributed by atoms with E-state index in [-0.39, 0.29) is 5.91 Å². The van der Waals surface area contributed by atoms with Crippen LogP contribution in [0, 0.1) is 0 Å². The Morgan fingerprint density at radius 3 is 2.41 bits per heavy atom. The van der Waals surface area contributed by atoms with E-state index in [9.17, 15) is 4.79 Å². The third-order valence-electron chi connectivity index (χ3n) is 4.17. The second-order valence-corrected chi connectivity index (χ2v) is 7.10. The molecule has 2 aromatic rings. The summed E-state index contributed by atoms with van der Waals surface area (Å²) in [6, 6.07) is 16.1. The molecule has 0 saturated heterocycles. The fourth-order valence-corrected chi connectivity index (χ4v) is 3.20. The van der Waals surface area contributed by atoms with E-state index < -0.39 is 0 Å². The number of amides is 1. The molecule has 2 aromatic carbocycles. The molecule has 0 saturated carbocycles. The van der Waals surface area contributed by atoms with Gasteiger partial charge in [0.25, 0.3) is 5.91 Å². The number of carbonyl (C=O) groups excluding carboxylic acids is 1. The highest BCUT2D eigenvalue weighted by Crippen LogP contribution is 2.12. The number of nitrogens with zero attached hydrogens (tertiary/aromatic N) is 1. The molecule has 5 nitrogen and oxygen atoms in total. The molecule has 0 spiro atoms. The van der Waals surface area contributed by atoms with Crippen molar-refractivity contribution in [3.05, 3.63) is 69.7 Å². The maximum Gasteiger partial charge on any atom is 0.251 e. The Morgan fingerprint density at radius 1 is 1.00 bits per heavy atom. The summed E-state index contributed by atoms with van der Waals surface area (Å²) in [6.45, 7) is 1.61. The molecular weight excluding hydrogens is 404 g/mol. The Labute approximate surface area is 169 Å². The van der Waals surface area contributed by atoms with Crippen LogP contribution >= 0.6 is 15.9 Å².